The highest BCUT2D eigenvalue weighted by molar-refractivity contribution is 5.69. The minimum absolute atomic E-state index is 0.762. The molecule has 78 valence electrons. The third-order valence-corrected chi connectivity index (χ3v) is 2.25. The molecule has 0 bridgehead atoms. The topological polar surface area (TPSA) is 25.0 Å². The van der Waals surface area contributed by atoms with Crippen molar-refractivity contribution in [2.75, 3.05) is 6.61 Å². The summed E-state index contributed by atoms with van der Waals surface area (Å²) in [5.74, 6) is 0.933. The fourth-order valence-corrected chi connectivity index (χ4v) is 1.52. The number of aromatic amines is 1. The smallest absolute Gasteiger partial charge is 0.144 e. The van der Waals surface area contributed by atoms with Crippen LogP contribution in [0.5, 0.6) is 5.75 Å². The number of benzene rings is 1. The third kappa shape index (κ3) is 2.21. The van der Waals surface area contributed by atoms with E-state index >= 15 is 0 Å². The van der Waals surface area contributed by atoms with Crippen LogP contribution in [0, 0.1) is 0 Å². The van der Waals surface area contributed by atoms with Crippen molar-refractivity contribution in [1.29, 1.82) is 0 Å². The summed E-state index contributed by atoms with van der Waals surface area (Å²) in [6, 6.07) is 10.3. The lowest BCUT2D eigenvalue weighted by Gasteiger charge is -2.05. The molecule has 1 heterocycles. The van der Waals surface area contributed by atoms with Gasteiger partial charge in [-0.3, -0.25) is 0 Å². The molecule has 0 fully saturated rings. The molecule has 1 N–H and O–H groups in total. The van der Waals surface area contributed by atoms with Crippen LogP contribution in [-0.2, 0) is 0 Å². The zero-order valence-corrected chi connectivity index (χ0v) is 8.86. The lowest BCUT2D eigenvalue weighted by atomic mass is 10.1. The van der Waals surface area contributed by atoms with Crippen LogP contribution in [0.25, 0.3) is 11.1 Å². The second kappa shape index (κ2) is 4.69. The summed E-state index contributed by atoms with van der Waals surface area (Å²) in [6.45, 7) is 2.87. The van der Waals surface area contributed by atoms with Gasteiger partial charge in [0.1, 0.15) is 5.75 Å². The van der Waals surface area contributed by atoms with E-state index in [1.165, 1.54) is 5.56 Å². The minimum atomic E-state index is 0.762. The molecule has 0 radical (unpaired) electrons. The van der Waals surface area contributed by atoms with Gasteiger partial charge in [0.2, 0.25) is 0 Å². The van der Waals surface area contributed by atoms with Crippen molar-refractivity contribution < 1.29 is 4.74 Å². The monoisotopic (exact) mass is 201 g/mol. The Morgan fingerprint density at radius 2 is 1.93 bits per heavy atom. The number of H-pyrrole nitrogens is 1. The number of hydrogen-bond acceptors (Lipinski definition) is 1. The van der Waals surface area contributed by atoms with Gasteiger partial charge in [0.15, 0.2) is 0 Å². The second-order valence-corrected chi connectivity index (χ2v) is 3.45. The van der Waals surface area contributed by atoms with Gasteiger partial charge >= 0.3 is 0 Å². The number of hydrogen-bond donors (Lipinski definition) is 1. The molecular formula is C13H15NO. The van der Waals surface area contributed by atoms with Crippen molar-refractivity contribution in [3.63, 3.8) is 0 Å². The van der Waals surface area contributed by atoms with Gasteiger partial charge in [0, 0.05) is 18.0 Å². The van der Waals surface area contributed by atoms with E-state index in [0.717, 1.165) is 24.3 Å². The van der Waals surface area contributed by atoms with Gasteiger partial charge in [-0.1, -0.05) is 37.3 Å². The van der Waals surface area contributed by atoms with Crippen LogP contribution in [0.2, 0.25) is 0 Å². The highest BCUT2D eigenvalue weighted by Gasteiger charge is 2.05. The van der Waals surface area contributed by atoms with E-state index in [1.54, 1.807) is 0 Å². The Bertz CT molecular complexity index is 405. The molecule has 2 rings (SSSR count). The van der Waals surface area contributed by atoms with Crippen molar-refractivity contribution in [1.82, 2.24) is 4.98 Å². The maximum absolute atomic E-state index is 5.65. The number of ether oxygens (including phenoxy) is 1. The van der Waals surface area contributed by atoms with Crippen molar-refractivity contribution in [2.45, 2.75) is 13.3 Å². The van der Waals surface area contributed by atoms with Gasteiger partial charge in [-0.2, -0.15) is 0 Å². The number of aromatic nitrogens is 1. The summed E-state index contributed by atoms with van der Waals surface area (Å²) in [7, 11) is 0. The predicted octanol–water partition coefficient (Wildman–Crippen LogP) is 3.47. The van der Waals surface area contributed by atoms with Gasteiger partial charge in [-0.25, -0.2) is 0 Å². The average molecular weight is 201 g/mol. The first-order valence-electron chi connectivity index (χ1n) is 5.27. The van der Waals surface area contributed by atoms with Crippen LogP contribution in [0.3, 0.4) is 0 Å². The van der Waals surface area contributed by atoms with E-state index in [1.807, 2.05) is 30.6 Å². The second-order valence-electron chi connectivity index (χ2n) is 3.45. The maximum Gasteiger partial charge on any atom is 0.144 e. The zero-order chi connectivity index (χ0) is 10.5. The molecule has 0 saturated heterocycles. The van der Waals surface area contributed by atoms with Crippen LogP contribution in [0.15, 0.2) is 42.7 Å². The summed E-state index contributed by atoms with van der Waals surface area (Å²) < 4.78 is 5.65. The normalized spacial score (nSPS) is 10.2. The van der Waals surface area contributed by atoms with Gasteiger partial charge in [0.25, 0.3) is 0 Å². The molecule has 2 nitrogen and oxygen atoms in total. The molecule has 1 aromatic carbocycles. The van der Waals surface area contributed by atoms with Gasteiger partial charge in [-0.05, 0) is 12.0 Å². The van der Waals surface area contributed by atoms with Gasteiger partial charge in [0.05, 0.1) is 6.61 Å². The quantitative estimate of drug-likeness (QED) is 0.805. The Morgan fingerprint density at radius 3 is 2.67 bits per heavy atom. The van der Waals surface area contributed by atoms with Gasteiger partial charge in [-0.15, -0.1) is 0 Å². The maximum atomic E-state index is 5.65. The molecule has 1 aromatic heterocycles. The Morgan fingerprint density at radius 1 is 1.13 bits per heavy atom. The molecular weight excluding hydrogens is 186 g/mol. The van der Waals surface area contributed by atoms with Gasteiger partial charge < -0.3 is 9.72 Å². The first kappa shape index (κ1) is 9.84. The van der Waals surface area contributed by atoms with E-state index in [4.69, 9.17) is 4.74 Å². The first-order valence-corrected chi connectivity index (χ1v) is 5.27. The molecule has 0 aliphatic carbocycles. The van der Waals surface area contributed by atoms with Crippen molar-refractivity contribution >= 4 is 0 Å². The standard InChI is InChI=1S/C13H15NO/c1-2-8-15-13-10-14-9-12(13)11-6-4-3-5-7-11/h3-7,9-10,14H,2,8H2,1H3. The van der Waals surface area contributed by atoms with E-state index in [0.29, 0.717) is 0 Å². The molecule has 0 unspecified atom stereocenters. The highest BCUT2D eigenvalue weighted by atomic mass is 16.5. The summed E-state index contributed by atoms with van der Waals surface area (Å²) in [5, 5.41) is 0. The van der Waals surface area contributed by atoms with Crippen LogP contribution in [-0.4, -0.2) is 11.6 Å². The molecule has 0 aliphatic heterocycles. The predicted molar refractivity (Wildman–Crippen MR) is 62.0 cm³/mol. The van der Waals surface area contributed by atoms with Crippen molar-refractivity contribution in [3.05, 3.63) is 42.7 Å². The van der Waals surface area contributed by atoms with E-state index in [9.17, 15) is 0 Å². The van der Waals surface area contributed by atoms with E-state index in [-0.39, 0.29) is 0 Å². The molecule has 0 spiro atoms. The number of nitrogens with one attached hydrogen (secondary N) is 1. The molecule has 15 heavy (non-hydrogen) atoms. The summed E-state index contributed by atoms with van der Waals surface area (Å²) in [6.07, 6.45) is 4.90. The highest BCUT2D eigenvalue weighted by Crippen LogP contribution is 2.29. The van der Waals surface area contributed by atoms with Crippen molar-refractivity contribution in [2.24, 2.45) is 0 Å². The minimum Gasteiger partial charge on any atom is -0.491 e. The molecule has 0 amide bonds. The van der Waals surface area contributed by atoms with E-state index in [2.05, 4.69) is 24.0 Å². The lowest BCUT2D eigenvalue weighted by molar-refractivity contribution is 0.319. The molecule has 2 aromatic rings. The largest absolute Gasteiger partial charge is 0.491 e. The first-order chi connectivity index (χ1) is 7.42. The third-order valence-electron chi connectivity index (χ3n) is 2.25. The van der Waals surface area contributed by atoms with Crippen LogP contribution in [0.4, 0.5) is 0 Å². The molecule has 0 atom stereocenters. The average Bonchev–Trinajstić information content (AvgIpc) is 2.75. The molecule has 0 saturated carbocycles. The van der Waals surface area contributed by atoms with E-state index < -0.39 is 0 Å². The SMILES string of the molecule is CCCOc1c[nH]cc1-c1ccccc1. The molecule has 2 heteroatoms. The fourth-order valence-electron chi connectivity index (χ4n) is 1.52. The summed E-state index contributed by atoms with van der Waals surface area (Å²) in [4.78, 5) is 3.08. The van der Waals surface area contributed by atoms with Crippen LogP contribution in [0.1, 0.15) is 13.3 Å². The Labute approximate surface area is 89.9 Å². The fraction of sp³-hybridized carbons (Fsp3) is 0.231. The molecule has 0 aliphatic rings. The zero-order valence-electron chi connectivity index (χ0n) is 8.86. The Hall–Kier alpha value is -1.70. The summed E-state index contributed by atoms with van der Waals surface area (Å²) in [5.41, 5.74) is 2.31. The lowest BCUT2D eigenvalue weighted by Crippen LogP contribution is -1.94. The van der Waals surface area contributed by atoms with Crippen LogP contribution < -0.4 is 4.74 Å². The summed E-state index contributed by atoms with van der Waals surface area (Å²) >= 11 is 0. The Balaban J connectivity index is 2.25. The Kier molecular flexibility index (Phi) is 3.08. The van der Waals surface area contributed by atoms with Crippen molar-refractivity contribution in [3.8, 4) is 16.9 Å². The van der Waals surface area contributed by atoms with Crippen LogP contribution >= 0.6 is 0 Å². The number of rotatable bonds is 4.